The number of halogens is 3. The third-order valence-corrected chi connectivity index (χ3v) is 7.26. The van der Waals surface area contributed by atoms with Gasteiger partial charge in [0, 0.05) is 42.5 Å². The number of hydrogen-bond donors (Lipinski definition) is 2. The molecule has 11 heteroatoms. The summed E-state index contributed by atoms with van der Waals surface area (Å²) in [4.78, 5) is 30.6. The first-order chi connectivity index (χ1) is 17.7. The molecule has 8 nitrogen and oxygen atoms in total. The molecule has 198 valence electrons. The van der Waals surface area contributed by atoms with E-state index >= 15 is 0 Å². The zero-order valence-corrected chi connectivity index (χ0v) is 20.2. The van der Waals surface area contributed by atoms with Gasteiger partial charge in [-0.1, -0.05) is 0 Å². The number of hydrogen-bond acceptors (Lipinski definition) is 6. The lowest BCUT2D eigenvalue weighted by Crippen LogP contribution is -2.41. The van der Waals surface area contributed by atoms with Crippen LogP contribution in [0.15, 0.2) is 36.5 Å². The second-order valence-electron chi connectivity index (χ2n) is 10.0. The number of carbonyl (C=O) groups excluding carboxylic acids is 2. The molecule has 3 heterocycles. The molecule has 1 aromatic heterocycles. The predicted octanol–water partition coefficient (Wildman–Crippen LogP) is 3.54. The molecule has 3 fully saturated rings. The molecule has 2 aliphatic heterocycles. The second-order valence-corrected chi connectivity index (χ2v) is 10.0. The summed E-state index contributed by atoms with van der Waals surface area (Å²) >= 11 is 0. The maximum Gasteiger partial charge on any atom is 0.416 e. The van der Waals surface area contributed by atoms with Crippen LogP contribution in [0.2, 0.25) is 0 Å². The van der Waals surface area contributed by atoms with Crippen LogP contribution in [0.1, 0.15) is 58.4 Å². The Labute approximate surface area is 212 Å². The summed E-state index contributed by atoms with van der Waals surface area (Å²) in [7, 11) is 0. The average molecular weight is 519 g/mol. The number of nitrogens with one attached hydrogen (secondary N) is 1. The van der Waals surface area contributed by atoms with Crippen molar-refractivity contribution in [1.82, 2.24) is 10.3 Å². The summed E-state index contributed by atoms with van der Waals surface area (Å²) in [5.41, 5.74) is 5.11. The number of primary amides is 1. The number of alkyl halides is 3. The zero-order chi connectivity index (χ0) is 26.2. The van der Waals surface area contributed by atoms with E-state index in [0.29, 0.717) is 51.1 Å². The van der Waals surface area contributed by atoms with Gasteiger partial charge in [0.25, 0.3) is 11.8 Å². The third kappa shape index (κ3) is 5.82. The summed E-state index contributed by atoms with van der Waals surface area (Å²) in [5, 5.41) is 2.89. The number of rotatable bonds is 6. The van der Waals surface area contributed by atoms with Gasteiger partial charge in [0.05, 0.1) is 18.3 Å². The van der Waals surface area contributed by atoms with E-state index in [1.54, 1.807) is 12.1 Å². The number of pyridine rings is 1. The van der Waals surface area contributed by atoms with Crippen LogP contribution in [-0.4, -0.2) is 54.7 Å². The molecule has 1 aromatic carbocycles. The summed E-state index contributed by atoms with van der Waals surface area (Å²) in [5.74, 6) is -0.702. The van der Waals surface area contributed by atoms with Crippen LogP contribution in [0.25, 0.3) is 0 Å². The van der Waals surface area contributed by atoms with Crippen molar-refractivity contribution < 1.29 is 32.2 Å². The van der Waals surface area contributed by atoms with E-state index < -0.39 is 23.6 Å². The van der Waals surface area contributed by atoms with Crippen molar-refractivity contribution in [2.45, 2.75) is 56.5 Å². The highest BCUT2D eigenvalue weighted by Gasteiger charge is 2.37. The zero-order valence-electron chi connectivity index (χ0n) is 20.2. The van der Waals surface area contributed by atoms with E-state index in [-0.39, 0.29) is 41.2 Å². The third-order valence-electron chi connectivity index (χ3n) is 7.26. The van der Waals surface area contributed by atoms with E-state index in [0.717, 1.165) is 18.6 Å². The SMILES string of the molecule is NC(=O)c1cccnc1OC1CCC(NC(=O)c2cc(N3CC4COC(C4)C3)cc(C(F)(F)F)c2)CC1. The molecule has 3 aliphatic rings. The van der Waals surface area contributed by atoms with Crippen LogP contribution in [0.3, 0.4) is 0 Å². The number of amides is 2. The Balaban J connectivity index is 1.24. The van der Waals surface area contributed by atoms with Crippen LogP contribution in [0.5, 0.6) is 5.88 Å². The molecule has 2 saturated heterocycles. The van der Waals surface area contributed by atoms with Gasteiger partial charge in [-0.2, -0.15) is 13.2 Å². The van der Waals surface area contributed by atoms with Crippen molar-refractivity contribution in [3.05, 3.63) is 53.2 Å². The lowest BCUT2D eigenvalue weighted by molar-refractivity contribution is -0.137. The van der Waals surface area contributed by atoms with Crippen LogP contribution in [-0.2, 0) is 10.9 Å². The summed E-state index contributed by atoms with van der Waals surface area (Å²) in [6.07, 6.45) is -0.0134. The topological polar surface area (TPSA) is 107 Å². The molecule has 2 bridgehead atoms. The normalized spacial score (nSPS) is 25.5. The second kappa shape index (κ2) is 10.2. The fraction of sp³-hybridized carbons (Fsp3) is 0.500. The largest absolute Gasteiger partial charge is 0.474 e. The Morgan fingerprint density at radius 3 is 2.62 bits per heavy atom. The lowest BCUT2D eigenvalue weighted by Gasteiger charge is -2.33. The molecular formula is C26H29F3N4O4. The number of nitrogens with two attached hydrogens (primary N) is 1. The molecule has 1 saturated carbocycles. The summed E-state index contributed by atoms with van der Waals surface area (Å²) in [6.45, 7) is 1.73. The molecule has 2 unspecified atom stereocenters. The number of anilines is 1. The van der Waals surface area contributed by atoms with Crippen molar-refractivity contribution in [2.75, 3.05) is 24.6 Å². The molecule has 1 aliphatic carbocycles. The standard InChI is InChI=1S/C26H29F3N4O4/c27-26(28,29)17-9-16(10-19(11-17)33-12-15-8-21(13-33)36-14-15)24(35)32-18-3-5-20(6-4-18)37-25-22(23(30)34)2-1-7-31-25/h1-2,7,9-11,15,18,20-21H,3-6,8,12-14H2,(H2,30,34)(H,32,35). The van der Waals surface area contributed by atoms with Crippen molar-refractivity contribution in [2.24, 2.45) is 11.7 Å². The van der Waals surface area contributed by atoms with Crippen molar-refractivity contribution in [3.63, 3.8) is 0 Å². The Morgan fingerprint density at radius 2 is 1.92 bits per heavy atom. The fourth-order valence-electron chi connectivity index (χ4n) is 5.39. The van der Waals surface area contributed by atoms with Crippen LogP contribution in [0.4, 0.5) is 18.9 Å². The van der Waals surface area contributed by atoms with Crippen LogP contribution >= 0.6 is 0 Å². The first kappa shape index (κ1) is 25.3. The van der Waals surface area contributed by atoms with Crippen LogP contribution < -0.4 is 20.7 Å². The van der Waals surface area contributed by atoms with Gasteiger partial charge in [-0.25, -0.2) is 4.98 Å². The van der Waals surface area contributed by atoms with E-state index in [2.05, 4.69) is 10.3 Å². The van der Waals surface area contributed by atoms with E-state index in [4.69, 9.17) is 15.2 Å². The molecule has 2 aromatic rings. The van der Waals surface area contributed by atoms with Gasteiger partial charge in [0.15, 0.2) is 0 Å². The van der Waals surface area contributed by atoms with Gasteiger partial charge in [0.1, 0.15) is 11.7 Å². The van der Waals surface area contributed by atoms with Gasteiger partial charge in [-0.15, -0.1) is 0 Å². The predicted molar refractivity (Wildman–Crippen MR) is 128 cm³/mol. The highest BCUT2D eigenvalue weighted by Crippen LogP contribution is 2.36. The van der Waals surface area contributed by atoms with Crippen molar-refractivity contribution in [1.29, 1.82) is 0 Å². The highest BCUT2D eigenvalue weighted by molar-refractivity contribution is 5.96. The Kier molecular flexibility index (Phi) is 6.98. The lowest BCUT2D eigenvalue weighted by atomic mass is 9.92. The van der Waals surface area contributed by atoms with Crippen molar-refractivity contribution in [3.8, 4) is 5.88 Å². The molecule has 37 heavy (non-hydrogen) atoms. The summed E-state index contributed by atoms with van der Waals surface area (Å²) in [6, 6.07) is 6.50. The van der Waals surface area contributed by atoms with E-state index in [1.165, 1.54) is 12.3 Å². The minimum atomic E-state index is -4.57. The number of nitrogens with zero attached hydrogens (tertiary/aromatic N) is 2. The van der Waals surface area contributed by atoms with Gasteiger partial charge in [0.2, 0.25) is 5.88 Å². The van der Waals surface area contributed by atoms with Gasteiger partial charge in [-0.3, -0.25) is 9.59 Å². The number of carbonyl (C=O) groups is 2. The quantitative estimate of drug-likeness (QED) is 0.606. The minimum absolute atomic E-state index is 0.00751. The van der Waals surface area contributed by atoms with Crippen LogP contribution in [0, 0.1) is 5.92 Å². The minimum Gasteiger partial charge on any atom is -0.474 e. The van der Waals surface area contributed by atoms with Gasteiger partial charge >= 0.3 is 6.18 Å². The Morgan fingerprint density at radius 1 is 1.14 bits per heavy atom. The summed E-state index contributed by atoms with van der Waals surface area (Å²) < 4.78 is 52.6. The molecule has 5 rings (SSSR count). The molecule has 2 amide bonds. The van der Waals surface area contributed by atoms with Gasteiger partial charge < -0.3 is 25.4 Å². The Hall–Kier alpha value is -3.34. The number of aromatic nitrogens is 1. The molecule has 2 atom stereocenters. The molecule has 3 N–H and O–H groups in total. The maximum atomic E-state index is 13.7. The van der Waals surface area contributed by atoms with E-state index in [1.807, 2.05) is 4.90 Å². The number of fused-ring (bicyclic) bond motifs is 2. The molecule has 0 radical (unpaired) electrons. The average Bonchev–Trinajstić information content (AvgIpc) is 3.21. The number of piperidine rings is 1. The highest BCUT2D eigenvalue weighted by atomic mass is 19.4. The maximum absolute atomic E-state index is 13.7. The van der Waals surface area contributed by atoms with Crippen molar-refractivity contribution >= 4 is 17.5 Å². The number of ether oxygens (including phenoxy) is 2. The first-order valence-corrected chi connectivity index (χ1v) is 12.5. The number of benzene rings is 1. The molecular weight excluding hydrogens is 489 g/mol. The fourth-order valence-corrected chi connectivity index (χ4v) is 5.39. The van der Waals surface area contributed by atoms with E-state index in [9.17, 15) is 22.8 Å². The van der Waals surface area contributed by atoms with Gasteiger partial charge in [-0.05, 0) is 62.4 Å². The first-order valence-electron chi connectivity index (χ1n) is 12.5. The molecule has 0 spiro atoms. The smallest absolute Gasteiger partial charge is 0.416 e. The monoisotopic (exact) mass is 518 g/mol. The Bertz CT molecular complexity index is 1150.